The molecule has 0 spiro atoms. The second-order valence-electron chi connectivity index (χ2n) is 7.35. The lowest BCUT2D eigenvalue weighted by atomic mass is 9.89. The van der Waals surface area contributed by atoms with Gasteiger partial charge in [0.15, 0.2) is 0 Å². The molecule has 0 radical (unpaired) electrons. The van der Waals surface area contributed by atoms with Gasteiger partial charge in [-0.1, -0.05) is 35.5 Å². The average Bonchev–Trinajstić information content (AvgIpc) is 3.17. The highest BCUT2D eigenvalue weighted by molar-refractivity contribution is 5.88. The molecule has 1 saturated heterocycles. The van der Waals surface area contributed by atoms with Gasteiger partial charge < -0.3 is 5.32 Å². The van der Waals surface area contributed by atoms with E-state index in [-0.39, 0.29) is 5.91 Å². The summed E-state index contributed by atoms with van der Waals surface area (Å²) in [6.07, 6.45) is 4.23. The van der Waals surface area contributed by atoms with Gasteiger partial charge in [-0.05, 0) is 61.7 Å². The molecule has 3 aromatic rings. The van der Waals surface area contributed by atoms with E-state index in [0.29, 0.717) is 5.92 Å². The second kappa shape index (κ2) is 8.35. The summed E-state index contributed by atoms with van der Waals surface area (Å²) >= 11 is 0. The lowest BCUT2D eigenvalue weighted by Crippen LogP contribution is -2.32. The number of likely N-dealkylation sites (tertiary alicyclic amines) is 1. The third-order valence-electron chi connectivity index (χ3n) is 5.21. The number of nitrogens with one attached hydrogen (secondary N) is 1. The number of piperidine rings is 1. The van der Waals surface area contributed by atoms with Crippen molar-refractivity contribution < 1.29 is 4.79 Å². The fraction of sp³-hybridized carbons (Fsp3) is 0.318. The van der Waals surface area contributed by atoms with Crippen LogP contribution >= 0.6 is 0 Å². The summed E-state index contributed by atoms with van der Waals surface area (Å²) in [5, 5.41) is 11.5. The zero-order valence-corrected chi connectivity index (χ0v) is 16.1. The first-order chi connectivity index (χ1) is 13.7. The summed E-state index contributed by atoms with van der Waals surface area (Å²) in [6, 6.07) is 18.3. The van der Waals surface area contributed by atoms with Crippen LogP contribution in [0.3, 0.4) is 0 Å². The Kier molecular flexibility index (Phi) is 5.48. The van der Waals surface area contributed by atoms with Gasteiger partial charge in [-0.2, -0.15) is 0 Å². The number of benzene rings is 2. The van der Waals surface area contributed by atoms with Gasteiger partial charge in [0, 0.05) is 19.2 Å². The zero-order chi connectivity index (χ0) is 19.3. The minimum Gasteiger partial charge on any atom is -0.326 e. The number of rotatable bonds is 5. The van der Waals surface area contributed by atoms with Crippen molar-refractivity contribution in [3.05, 3.63) is 72.1 Å². The summed E-state index contributed by atoms with van der Waals surface area (Å²) in [5.74, 6) is 0.500. The van der Waals surface area contributed by atoms with E-state index in [9.17, 15) is 4.79 Å². The molecule has 0 aliphatic carbocycles. The molecule has 1 amide bonds. The summed E-state index contributed by atoms with van der Waals surface area (Å²) in [5.41, 5.74) is 4.21. The number of hydrogen-bond acceptors (Lipinski definition) is 4. The van der Waals surface area contributed by atoms with Gasteiger partial charge in [0.1, 0.15) is 0 Å². The molecule has 0 bridgehead atoms. The van der Waals surface area contributed by atoms with Crippen LogP contribution in [0.1, 0.15) is 36.9 Å². The molecule has 2 heterocycles. The van der Waals surface area contributed by atoms with Crippen molar-refractivity contribution in [1.82, 2.24) is 19.9 Å². The average molecular weight is 375 g/mol. The standard InChI is InChI=1S/C22H25N5O/c1-17(28)23-20-7-5-6-19(14-20)18-10-12-26(13-11-18)15-21-16-27(25-24-21)22-8-3-2-4-9-22/h2-9,14,16,18H,10-13,15H2,1H3,(H,23,28). The summed E-state index contributed by atoms with van der Waals surface area (Å²) < 4.78 is 1.83. The smallest absolute Gasteiger partial charge is 0.221 e. The van der Waals surface area contributed by atoms with Crippen molar-refractivity contribution in [2.45, 2.75) is 32.2 Å². The van der Waals surface area contributed by atoms with Crippen LogP contribution in [0, 0.1) is 0 Å². The first kappa shape index (κ1) is 18.4. The monoisotopic (exact) mass is 375 g/mol. The molecule has 1 N–H and O–H groups in total. The number of carbonyl (C=O) groups excluding carboxylic acids is 1. The molecule has 1 aromatic heterocycles. The minimum absolute atomic E-state index is 0.0319. The molecular formula is C22H25N5O. The number of amides is 1. The first-order valence-electron chi connectivity index (χ1n) is 9.74. The number of para-hydroxylation sites is 1. The van der Waals surface area contributed by atoms with Gasteiger partial charge in [-0.15, -0.1) is 5.10 Å². The number of aromatic nitrogens is 3. The topological polar surface area (TPSA) is 63.1 Å². The van der Waals surface area contributed by atoms with Gasteiger partial charge >= 0.3 is 0 Å². The fourth-order valence-electron chi connectivity index (χ4n) is 3.80. The Morgan fingerprint density at radius 2 is 1.89 bits per heavy atom. The van der Waals surface area contributed by atoms with E-state index < -0.39 is 0 Å². The summed E-state index contributed by atoms with van der Waals surface area (Å²) in [7, 11) is 0. The van der Waals surface area contributed by atoms with Gasteiger partial charge in [-0.25, -0.2) is 4.68 Å². The molecular weight excluding hydrogens is 350 g/mol. The molecule has 0 unspecified atom stereocenters. The summed E-state index contributed by atoms with van der Waals surface area (Å²) in [4.78, 5) is 13.7. The van der Waals surface area contributed by atoms with Crippen molar-refractivity contribution in [2.24, 2.45) is 0 Å². The molecule has 0 saturated carbocycles. The van der Waals surface area contributed by atoms with Crippen LogP contribution in [0.15, 0.2) is 60.8 Å². The SMILES string of the molecule is CC(=O)Nc1cccc(C2CCN(Cc3cn(-c4ccccc4)nn3)CC2)c1. The van der Waals surface area contributed by atoms with E-state index in [2.05, 4.69) is 32.7 Å². The minimum atomic E-state index is -0.0319. The third kappa shape index (κ3) is 4.46. The van der Waals surface area contributed by atoms with Gasteiger partial charge in [0.05, 0.1) is 17.6 Å². The van der Waals surface area contributed by atoms with Crippen molar-refractivity contribution in [1.29, 1.82) is 0 Å². The van der Waals surface area contributed by atoms with E-state index in [4.69, 9.17) is 0 Å². The molecule has 1 fully saturated rings. The number of carbonyl (C=O) groups is 1. The Bertz CT molecular complexity index is 929. The maximum absolute atomic E-state index is 11.3. The lowest BCUT2D eigenvalue weighted by Gasteiger charge is -2.31. The van der Waals surface area contributed by atoms with Crippen LogP contribution in [-0.2, 0) is 11.3 Å². The second-order valence-corrected chi connectivity index (χ2v) is 7.35. The molecule has 1 aliphatic rings. The van der Waals surface area contributed by atoms with E-state index in [0.717, 1.165) is 49.5 Å². The van der Waals surface area contributed by atoms with Crippen LogP contribution in [-0.4, -0.2) is 38.9 Å². The number of hydrogen-bond donors (Lipinski definition) is 1. The Morgan fingerprint density at radius 1 is 1.11 bits per heavy atom. The van der Waals surface area contributed by atoms with Crippen molar-refractivity contribution in [3.8, 4) is 5.69 Å². The highest BCUT2D eigenvalue weighted by Crippen LogP contribution is 2.30. The third-order valence-corrected chi connectivity index (χ3v) is 5.21. The molecule has 6 heteroatoms. The molecule has 144 valence electrons. The van der Waals surface area contributed by atoms with E-state index in [1.165, 1.54) is 5.56 Å². The highest BCUT2D eigenvalue weighted by Gasteiger charge is 2.21. The maximum Gasteiger partial charge on any atom is 0.221 e. The van der Waals surface area contributed by atoms with Crippen molar-refractivity contribution in [2.75, 3.05) is 18.4 Å². The van der Waals surface area contributed by atoms with Crippen LogP contribution in [0.4, 0.5) is 5.69 Å². The highest BCUT2D eigenvalue weighted by atomic mass is 16.1. The summed E-state index contributed by atoms with van der Waals surface area (Å²) in [6.45, 7) is 4.44. The predicted octanol–water partition coefficient (Wildman–Crippen LogP) is 3.61. The number of anilines is 1. The van der Waals surface area contributed by atoms with Crippen LogP contribution in [0.2, 0.25) is 0 Å². The Balaban J connectivity index is 1.34. The quantitative estimate of drug-likeness (QED) is 0.740. The molecule has 28 heavy (non-hydrogen) atoms. The van der Waals surface area contributed by atoms with Crippen LogP contribution < -0.4 is 5.32 Å². The Labute approximate surface area is 165 Å². The van der Waals surface area contributed by atoms with Crippen LogP contribution in [0.5, 0.6) is 0 Å². The predicted molar refractivity (Wildman–Crippen MR) is 109 cm³/mol. The Hall–Kier alpha value is -2.99. The Morgan fingerprint density at radius 3 is 2.64 bits per heavy atom. The first-order valence-corrected chi connectivity index (χ1v) is 9.74. The van der Waals surface area contributed by atoms with E-state index >= 15 is 0 Å². The van der Waals surface area contributed by atoms with E-state index in [1.807, 2.05) is 53.3 Å². The molecule has 4 rings (SSSR count). The fourth-order valence-corrected chi connectivity index (χ4v) is 3.80. The number of nitrogens with zero attached hydrogens (tertiary/aromatic N) is 4. The lowest BCUT2D eigenvalue weighted by molar-refractivity contribution is -0.114. The molecule has 6 nitrogen and oxygen atoms in total. The van der Waals surface area contributed by atoms with Gasteiger partial charge in [-0.3, -0.25) is 9.69 Å². The normalized spacial score (nSPS) is 15.5. The molecule has 2 aromatic carbocycles. The molecule has 1 aliphatic heterocycles. The van der Waals surface area contributed by atoms with Crippen LogP contribution in [0.25, 0.3) is 5.69 Å². The van der Waals surface area contributed by atoms with Gasteiger partial charge in [0.25, 0.3) is 0 Å². The largest absolute Gasteiger partial charge is 0.326 e. The van der Waals surface area contributed by atoms with Crippen molar-refractivity contribution in [3.63, 3.8) is 0 Å². The van der Waals surface area contributed by atoms with E-state index in [1.54, 1.807) is 6.92 Å². The van der Waals surface area contributed by atoms with Gasteiger partial charge in [0.2, 0.25) is 5.91 Å². The maximum atomic E-state index is 11.3. The zero-order valence-electron chi connectivity index (χ0n) is 16.1. The van der Waals surface area contributed by atoms with Crippen molar-refractivity contribution >= 4 is 11.6 Å². The molecule has 0 atom stereocenters.